The van der Waals surface area contributed by atoms with Crippen molar-refractivity contribution in [2.45, 2.75) is 13.8 Å². The van der Waals surface area contributed by atoms with Gasteiger partial charge in [0.25, 0.3) is 5.91 Å². The number of rotatable bonds is 4. The van der Waals surface area contributed by atoms with Gasteiger partial charge in [-0.2, -0.15) is 9.97 Å². The van der Waals surface area contributed by atoms with E-state index in [-0.39, 0.29) is 11.8 Å². The van der Waals surface area contributed by atoms with Crippen molar-refractivity contribution >= 4 is 11.6 Å². The zero-order valence-electron chi connectivity index (χ0n) is 12.6. The maximum atomic E-state index is 12.0. The lowest BCUT2D eigenvalue weighted by Crippen LogP contribution is -2.14. The second-order valence-corrected chi connectivity index (χ2v) is 4.80. The summed E-state index contributed by atoms with van der Waals surface area (Å²) in [7, 11) is 0. The summed E-state index contributed by atoms with van der Waals surface area (Å²) in [6.07, 6.45) is 1.40. The molecule has 0 bridgehead atoms. The number of carbonyl (C=O) groups excluding carboxylic acids is 1. The molecular formula is C16H14N4O3. The molecule has 0 saturated carbocycles. The Kier molecular flexibility index (Phi) is 4.01. The molecule has 0 aliphatic carbocycles. The van der Waals surface area contributed by atoms with Crippen LogP contribution in [0.25, 0.3) is 0 Å². The number of nitrogens with zero attached hydrogens (tertiary/aromatic N) is 3. The minimum Gasteiger partial charge on any atom is -0.424 e. The monoisotopic (exact) mass is 310 g/mol. The Morgan fingerprint density at radius 2 is 1.78 bits per heavy atom. The van der Waals surface area contributed by atoms with E-state index < -0.39 is 5.91 Å². The number of para-hydroxylation sites is 1. The SMILES string of the molecule is Cc1nc(Oc2ccccc2)nc(C)c1NC(=O)c1ccno1. The summed E-state index contributed by atoms with van der Waals surface area (Å²) in [5.74, 6) is 0.354. The van der Waals surface area contributed by atoms with Crippen LogP contribution in [-0.2, 0) is 0 Å². The van der Waals surface area contributed by atoms with Crippen molar-refractivity contribution in [1.82, 2.24) is 15.1 Å². The first-order chi connectivity index (χ1) is 11.1. The maximum absolute atomic E-state index is 12.0. The highest BCUT2D eigenvalue weighted by molar-refractivity contribution is 6.02. The van der Waals surface area contributed by atoms with Gasteiger partial charge in [0, 0.05) is 6.07 Å². The number of anilines is 1. The number of carbonyl (C=O) groups is 1. The van der Waals surface area contributed by atoms with Gasteiger partial charge >= 0.3 is 6.01 Å². The lowest BCUT2D eigenvalue weighted by Gasteiger charge is -2.11. The fraction of sp³-hybridized carbons (Fsp3) is 0.125. The van der Waals surface area contributed by atoms with E-state index in [9.17, 15) is 4.79 Å². The zero-order chi connectivity index (χ0) is 16.2. The molecule has 0 atom stereocenters. The van der Waals surface area contributed by atoms with Gasteiger partial charge in [-0.25, -0.2) is 0 Å². The molecule has 2 heterocycles. The molecule has 0 aliphatic heterocycles. The normalized spacial score (nSPS) is 10.3. The molecule has 0 aliphatic rings. The van der Waals surface area contributed by atoms with Crippen LogP contribution in [0, 0.1) is 13.8 Å². The van der Waals surface area contributed by atoms with Crippen molar-refractivity contribution < 1.29 is 14.1 Å². The van der Waals surface area contributed by atoms with Crippen LogP contribution in [0.15, 0.2) is 47.1 Å². The van der Waals surface area contributed by atoms with E-state index in [0.717, 1.165) is 0 Å². The van der Waals surface area contributed by atoms with E-state index in [1.807, 2.05) is 30.3 Å². The van der Waals surface area contributed by atoms with E-state index in [0.29, 0.717) is 22.8 Å². The number of aryl methyl sites for hydroxylation is 2. The van der Waals surface area contributed by atoms with Gasteiger partial charge in [-0.05, 0) is 26.0 Å². The first-order valence-electron chi connectivity index (χ1n) is 6.93. The van der Waals surface area contributed by atoms with Crippen molar-refractivity contribution in [3.05, 3.63) is 59.7 Å². The summed E-state index contributed by atoms with van der Waals surface area (Å²) in [6, 6.07) is 11.0. The fourth-order valence-electron chi connectivity index (χ4n) is 2.01. The van der Waals surface area contributed by atoms with Crippen LogP contribution in [-0.4, -0.2) is 21.0 Å². The van der Waals surface area contributed by atoms with Crippen LogP contribution in [0.4, 0.5) is 5.69 Å². The smallest absolute Gasteiger partial charge is 0.322 e. The molecule has 0 unspecified atom stereocenters. The number of ether oxygens (including phenoxy) is 1. The Morgan fingerprint density at radius 3 is 2.39 bits per heavy atom. The fourth-order valence-corrected chi connectivity index (χ4v) is 2.01. The van der Waals surface area contributed by atoms with Crippen molar-refractivity contribution in [1.29, 1.82) is 0 Å². The molecule has 3 aromatic rings. The van der Waals surface area contributed by atoms with Crippen LogP contribution >= 0.6 is 0 Å². The molecule has 3 rings (SSSR count). The quantitative estimate of drug-likeness (QED) is 0.796. The van der Waals surface area contributed by atoms with Crippen molar-refractivity contribution in [2.75, 3.05) is 5.32 Å². The lowest BCUT2D eigenvalue weighted by molar-refractivity contribution is 0.0987. The first kappa shape index (κ1) is 14.7. The van der Waals surface area contributed by atoms with Crippen LogP contribution in [0.1, 0.15) is 21.9 Å². The van der Waals surface area contributed by atoms with Gasteiger partial charge in [-0.3, -0.25) is 4.79 Å². The molecule has 1 N–H and O–H groups in total. The minimum absolute atomic E-state index is 0.119. The van der Waals surface area contributed by atoms with Crippen molar-refractivity contribution in [3.8, 4) is 11.8 Å². The third kappa shape index (κ3) is 3.34. The summed E-state index contributed by atoms with van der Waals surface area (Å²) in [4.78, 5) is 20.6. The van der Waals surface area contributed by atoms with Gasteiger partial charge in [0.2, 0.25) is 5.76 Å². The van der Waals surface area contributed by atoms with E-state index in [2.05, 4.69) is 20.4 Å². The molecule has 7 heteroatoms. The third-order valence-corrected chi connectivity index (χ3v) is 3.10. The number of hydrogen-bond acceptors (Lipinski definition) is 6. The Labute approximate surface area is 132 Å². The van der Waals surface area contributed by atoms with Gasteiger partial charge in [0.15, 0.2) is 0 Å². The molecular weight excluding hydrogens is 296 g/mol. The van der Waals surface area contributed by atoms with E-state index in [4.69, 9.17) is 9.26 Å². The number of nitrogens with one attached hydrogen (secondary N) is 1. The van der Waals surface area contributed by atoms with Crippen molar-refractivity contribution in [2.24, 2.45) is 0 Å². The minimum atomic E-state index is -0.408. The summed E-state index contributed by atoms with van der Waals surface area (Å²) >= 11 is 0. The number of amides is 1. The Bertz CT molecular complexity index is 794. The molecule has 0 spiro atoms. The lowest BCUT2D eigenvalue weighted by atomic mass is 10.2. The third-order valence-electron chi connectivity index (χ3n) is 3.10. The molecule has 23 heavy (non-hydrogen) atoms. The Hall–Kier alpha value is -3.22. The standard InChI is InChI=1S/C16H14N4O3/c1-10-14(20-15(21)13-8-9-17-23-13)11(2)19-16(18-10)22-12-6-4-3-5-7-12/h3-9H,1-2H3,(H,20,21). The Balaban J connectivity index is 1.82. The largest absolute Gasteiger partial charge is 0.424 e. The van der Waals surface area contributed by atoms with Gasteiger partial charge < -0.3 is 14.6 Å². The topological polar surface area (TPSA) is 90.1 Å². The summed E-state index contributed by atoms with van der Waals surface area (Å²) in [6.45, 7) is 3.53. The highest BCUT2D eigenvalue weighted by atomic mass is 16.5. The average molecular weight is 310 g/mol. The number of aromatic nitrogens is 3. The van der Waals surface area contributed by atoms with Crippen LogP contribution in [0.3, 0.4) is 0 Å². The van der Waals surface area contributed by atoms with Gasteiger partial charge in [-0.15, -0.1) is 0 Å². The molecule has 0 saturated heterocycles. The first-order valence-corrected chi connectivity index (χ1v) is 6.93. The second-order valence-electron chi connectivity index (χ2n) is 4.80. The number of hydrogen-bond donors (Lipinski definition) is 1. The molecule has 1 amide bonds. The van der Waals surface area contributed by atoms with Crippen LogP contribution < -0.4 is 10.1 Å². The highest BCUT2D eigenvalue weighted by Gasteiger charge is 2.16. The predicted octanol–water partition coefficient (Wildman–Crippen LogP) is 3.13. The Morgan fingerprint density at radius 1 is 1.09 bits per heavy atom. The van der Waals surface area contributed by atoms with Gasteiger partial charge in [-0.1, -0.05) is 23.4 Å². The predicted molar refractivity (Wildman–Crippen MR) is 82.5 cm³/mol. The second kappa shape index (κ2) is 6.27. The van der Waals surface area contributed by atoms with Gasteiger partial charge in [0.1, 0.15) is 5.75 Å². The molecule has 116 valence electrons. The van der Waals surface area contributed by atoms with Crippen molar-refractivity contribution in [3.63, 3.8) is 0 Å². The van der Waals surface area contributed by atoms with E-state index in [1.165, 1.54) is 12.3 Å². The summed E-state index contributed by atoms with van der Waals surface area (Å²) in [5.41, 5.74) is 1.71. The average Bonchev–Trinajstić information content (AvgIpc) is 3.06. The molecule has 2 aromatic heterocycles. The molecule has 0 radical (unpaired) electrons. The van der Waals surface area contributed by atoms with Crippen LogP contribution in [0.2, 0.25) is 0 Å². The highest BCUT2D eigenvalue weighted by Crippen LogP contribution is 2.23. The zero-order valence-corrected chi connectivity index (χ0v) is 12.6. The molecule has 0 fully saturated rings. The molecule has 7 nitrogen and oxygen atoms in total. The number of benzene rings is 1. The summed E-state index contributed by atoms with van der Waals surface area (Å²) < 4.78 is 10.4. The molecule has 1 aromatic carbocycles. The summed E-state index contributed by atoms with van der Waals surface area (Å²) in [5, 5.41) is 6.22. The maximum Gasteiger partial charge on any atom is 0.322 e. The van der Waals surface area contributed by atoms with E-state index >= 15 is 0 Å². The van der Waals surface area contributed by atoms with E-state index in [1.54, 1.807) is 13.8 Å². The van der Waals surface area contributed by atoms with Crippen LogP contribution in [0.5, 0.6) is 11.8 Å². The van der Waals surface area contributed by atoms with Gasteiger partial charge in [0.05, 0.1) is 23.3 Å².